The highest BCUT2D eigenvalue weighted by atomic mass is 32.2. The Morgan fingerprint density at radius 2 is 1.60 bits per heavy atom. The largest absolute Gasteiger partial charge is 0.342 e. The normalized spacial score (nSPS) is 17.5. The summed E-state index contributed by atoms with van der Waals surface area (Å²) in [7, 11) is 1.90. The Morgan fingerprint density at radius 1 is 0.933 bits per heavy atom. The Balaban J connectivity index is 1.24. The fourth-order valence-corrected chi connectivity index (χ4v) is 4.64. The molecule has 10 heteroatoms. The van der Waals surface area contributed by atoms with Crippen molar-refractivity contribution in [1.82, 2.24) is 34.4 Å². The Labute approximate surface area is 180 Å². The topological polar surface area (TPSA) is 87.5 Å². The first-order valence-corrected chi connectivity index (χ1v) is 11.3. The van der Waals surface area contributed by atoms with E-state index < -0.39 is 0 Å². The molecule has 4 rings (SSSR count). The van der Waals surface area contributed by atoms with E-state index in [1.165, 1.54) is 11.8 Å². The van der Waals surface area contributed by atoms with Crippen LogP contribution in [0, 0.1) is 0 Å². The zero-order valence-electron chi connectivity index (χ0n) is 17.2. The number of carbonyl (C=O) groups excluding carboxylic acids is 2. The molecule has 2 aromatic rings. The van der Waals surface area contributed by atoms with Gasteiger partial charge in [-0.1, -0.05) is 11.8 Å². The number of hydrogen-bond donors (Lipinski definition) is 0. The summed E-state index contributed by atoms with van der Waals surface area (Å²) in [6, 6.07) is 3.77. The molecule has 4 heterocycles. The SMILES string of the molecule is Cn1c(SCC(=O)N2CCN(CC(=O)N3CCCC3)CC2)nnc1-c1ccncc1. The van der Waals surface area contributed by atoms with Crippen LogP contribution in [0.15, 0.2) is 29.7 Å². The molecular weight excluding hydrogens is 402 g/mol. The van der Waals surface area contributed by atoms with Crippen molar-refractivity contribution < 1.29 is 9.59 Å². The van der Waals surface area contributed by atoms with Crippen LogP contribution in [0.5, 0.6) is 0 Å². The summed E-state index contributed by atoms with van der Waals surface area (Å²) >= 11 is 1.40. The zero-order valence-corrected chi connectivity index (χ0v) is 18.1. The van der Waals surface area contributed by atoms with E-state index in [2.05, 4.69) is 20.1 Å². The molecular formula is C20H27N7O2S. The van der Waals surface area contributed by atoms with Gasteiger partial charge >= 0.3 is 0 Å². The van der Waals surface area contributed by atoms with Crippen LogP contribution >= 0.6 is 11.8 Å². The summed E-state index contributed by atoms with van der Waals surface area (Å²) < 4.78 is 1.90. The maximum atomic E-state index is 12.6. The van der Waals surface area contributed by atoms with Crippen molar-refractivity contribution in [3.05, 3.63) is 24.5 Å². The van der Waals surface area contributed by atoms with Crippen molar-refractivity contribution in [3.8, 4) is 11.4 Å². The first-order valence-electron chi connectivity index (χ1n) is 10.3. The van der Waals surface area contributed by atoms with E-state index in [1.807, 2.05) is 33.5 Å². The number of pyridine rings is 1. The molecule has 0 atom stereocenters. The second-order valence-electron chi connectivity index (χ2n) is 7.63. The van der Waals surface area contributed by atoms with Gasteiger partial charge in [-0.3, -0.25) is 19.5 Å². The van der Waals surface area contributed by atoms with Crippen LogP contribution in [0.1, 0.15) is 12.8 Å². The van der Waals surface area contributed by atoms with Gasteiger partial charge in [0.1, 0.15) is 0 Å². The molecule has 30 heavy (non-hydrogen) atoms. The number of piperazine rings is 1. The van der Waals surface area contributed by atoms with Crippen LogP contribution in [-0.4, -0.2) is 97.8 Å². The van der Waals surface area contributed by atoms with E-state index in [4.69, 9.17) is 0 Å². The van der Waals surface area contributed by atoms with Crippen LogP contribution in [-0.2, 0) is 16.6 Å². The number of nitrogens with zero attached hydrogens (tertiary/aromatic N) is 7. The number of hydrogen-bond acceptors (Lipinski definition) is 7. The minimum absolute atomic E-state index is 0.0963. The first-order chi connectivity index (χ1) is 14.6. The van der Waals surface area contributed by atoms with Gasteiger partial charge in [0, 0.05) is 64.3 Å². The lowest BCUT2D eigenvalue weighted by atomic mass is 10.2. The van der Waals surface area contributed by atoms with E-state index in [0.29, 0.717) is 30.5 Å². The van der Waals surface area contributed by atoms with Crippen LogP contribution < -0.4 is 0 Å². The third-order valence-corrected chi connectivity index (χ3v) is 6.65. The van der Waals surface area contributed by atoms with Crippen molar-refractivity contribution in [3.63, 3.8) is 0 Å². The number of amides is 2. The van der Waals surface area contributed by atoms with Gasteiger partial charge in [0.05, 0.1) is 12.3 Å². The van der Waals surface area contributed by atoms with Gasteiger partial charge in [-0.25, -0.2) is 0 Å². The molecule has 0 bridgehead atoms. The number of aromatic nitrogens is 4. The molecule has 2 fully saturated rings. The van der Waals surface area contributed by atoms with Crippen LogP contribution in [0.3, 0.4) is 0 Å². The zero-order chi connectivity index (χ0) is 20.9. The van der Waals surface area contributed by atoms with E-state index in [9.17, 15) is 9.59 Å². The fourth-order valence-electron chi connectivity index (χ4n) is 3.82. The molecule has 0 aromatic carbocycles. The molecule has 2 aliphatic heterocycles. The Hall–Kier alpha value is -2.46. The smallest absolute Gasteiger partial charge is 0.236 e. The predicted octanol–water partition coefficient (Wildman–Crippen LogP) is 0.736. The number of carbonyl (C=O) groups is 2. The van der Waals surface area contributed by atoms with E-state index >= 15 is 0 Å². The van der Waals surface area contributed by atoms with Crippen molar-refractivity contribution in [2.24, 2.45) is 7.05 Å². The minimum Gasteiger partial charge on any atom is -0.342 e. The number of likely N-dealkylation sites (tertiary alicyclic amines) is 1. The number of thioether (sulfide) groups is 1. The molecule has 2 amide bonds. The van der Waals surface area contributed by atoms with E-state index in [1.54, 1.807) is 12.4 Å². The highest BCUT2D eigenvalue weighted by Gasteiger charge is 2.25. The van der Waals surface area contributed by atoms with Gasteiger partial charge < -0.3 is 14.4 Å². The van der Waals surface area contributed by atoms with Gasteiger partial charge in [0.25, 0.3) is 0 Å². The monoisotopic (exact) mass is 429 g/mol. The maximum absolute atomic E-state index is 12.6. The molecule has 0 saturated carbocycles. The third-order valence-electron chi connectivity index (χ3n) is 5.64. The number of rotatable bonds is 6. The average Bonchev–Trinajstić information content (AvgIpc) is 3.43. The van der Waals surface area contributed by atoms with Crippen molar-refractivity contribution in [2.45, 2.75) is 18.0 Å². The molecule has 2 aliphatic rings. The molecule has 160 valence electrons. The van der Waals surface area contributed by atoms with Gasteiger partial charge in [0.15, 0.2) is 11.0 Å². The summed E-state index contributed by atoms with van der Waals surface area (Å²) in [6.45, 7) is 5.05. The first kappa shape index (κ1) is 20.8. The van der Waals surface area contributed by atoms with E-state index in [0.717, 1.165) is 50.4 Å². The molecule has 0 unspecified atom stereocenters. The van der Waals surface area contributed by atoms with Crippen LogP contribution in [0.4, 0.5) is 0 Å². The lowest BCUT2D eigenvalue weighted by Gasteiger charge is -2.35. The van der Waals surface area contributed by atoms with Gasteiger partial charge in [-0.15, -0.1) is 10.2 Å². The Kier molecular flexibility index (Phi) is 6.63. The molecule has 2 saturated heterocycles. The van der Waals surface area contributed by atoms with Gasteiger partial charge in [-0.2, -0.15) is 0 Å². The maximum Gasteiger partial charge on any atom is 0.236 e. The molecule has 0 N–H and O–H groups in total. The predicted molar refractivity (Wildman–Crippen MR) is 114 cm³/mol. The van der Waals surface area contributed by atoms with Crippen LogP contribution in [0.25, 0.3) is 11.4 Å². The molecule has 2 aromatic heterocycles. The minimum atomic E-state index is 0.0963. The van der Waals surface area contributed by atoms with E-state index in [-0.39, 0.29) is 11.8 Å². The highest BCUT2D eigenvalue weighted by Crippen LogP contribution is 2.22. The third kappa shape index (κ3) is 4.81. The Bertz CT molecular complexity index is 875. The Morgan fingerprint density at radius 3 is 2.30 bits per heavy atom. The highest BCUT2D eigenvalue weighted by molar-refractivity contribution is 7.99. The summed E-state index contributed by atoms with van der Waals surface area (Å²) in [4.78, 5) is 35.0. The lowest BCUT2D eigenvalue weighted by molar-refractivity contribution is -0.133. The quantitative estimate of drug-likeness (QED) is 0.626. The van der Waals surface area contributed by atoms with Crippen molar-refractivity contribution in [2.75, 3.05) is 51.6 Å². The molecule has 0 spiro atoms. The van der Waals surface area contributed by atoms with Gasteiger partial charge in [-0.05, 0) is 25.0 Å². The van der Waals surface area contributed by atoms with Crippen LogP contribution in [0.2, 0.25) is 0 Å². The second kappa shape index (κ2) is 9.57. The standard InChI is InChI=1S/C20H27N7O2S/c1-24-19(16-4-6-21-7-5-16)22-23-20(24)30-15-18(29)27-12-10-25(11-13-27)14-17(28)26-8-2-3-9-26/h4-7H,2-3,8-15H2,1H3. The summed E-state index contributed by atoms with van der Waals surface area (Å²) in [5.41, 5.74) is 0.942. The molecule has 0 aliphatic carbocycles. The lowest BCUT2D eigenvalue weighted by Crippen LogP contribution is -2.51. The molecule has 9 nitrogen and oxygen atoms in total. The summed E-state index contributed by atoms with van der Waals surface area (Å²) in [5.74, 6) is 1.40. The average molecular weight is 430 g/mol. The fraction of sp³-hybridized carbons (Fsp3) is 0.550. The van der Waals surface area contributed by atoms with Gasteiger partial charge in [0.2, 0.25) is 11.8 Å². The molecule has 0 radical (unpaired) electrons. The van der Waals surface area contributed by atoms with Crippen molar-refractivity contribution >= 4 is 23.6 Å². The summed E-state index contributed by atoms with van der Waals surface area (Å²) in [5, 5.41) is 9.18. The second-order valence-corrected chi connectivity index (χ2v) is 8.58. The summed E-state index contributed by atoms with van der Waals surface area (Å²) in [6.07, 6.45) is 5.67. The van der Waals surface area contributed by atoms with Crippen molar-refractivity contribution in [1.29, 1.82) is 0 Å².